The summed E-state index contributed by atoms with van der Waals surface area (Å²) in [5.41, 5.74) is 2.02. The van der Waals surface area contributed by atoms with Gasteiger partial charge in [0.15, 0.2) is 0 Å². The predicted molar refractivity (Wildman–Crippen MR) is 92.8 cm³/mol. The van der Waals surface area contributed by atoms with Gasteiger partial charge in [0.2, 0.25) is 0 Å². The van der Waals surface area contributed by atoms with Gasteiger partial charge in [-0.2, -0.15) is 0 Å². The Hall–Kier alpha value is -2.63. The van der Waals surface area contributed by atoms with Gasteiger partial charge in [-0.3, -0.25) is 5.32 Å². The van der Waals surface area contributed by atoms with Gasteiger partial charge in [-0.15, -0.1) is 0 Å². The van der Waals surface area contributed by atoms with E-state index < -0.39 is 0 Å². The predicted octanol–water partition coefficient (Wildman–Crippen LogP) is 3.32. The number of hydrogen-bond donors (Lipinski definition) is 2. The topological polar surface area (TPSA) is 57.3 Å². The molecule has 0 bridgehead atoms. The largest absolute Gasteiger partial charge is 0.369 e. The Morgan fingerprint density at radius 3 is 2.75 bits per heavy atom. The molecule has 0 aliphatic carbocycles. The lowest BCUT2D eigenvalue weighted by atomic mass is 10.1. The Bertz CT molecular complexity index is 687. The Balaban J connectivity index is 1.55. The van der Waals surface area contributed by atoms with Crippen LogP contribution in [0.2, 0.25) is 0 Å². The number of amides is 2. The number of urea groups is 1. The van der Waals surface area contributed by atoms with Gasteiger partial charge in [-0.05, 0) is 55.7 Å². The van der Waals surface area contributed by atoms with E-state index >= 15 is 0 Å². The molecule has 1 aromatic carbocycles. The molecular weight excluding hydrogens is 307 g/mol. The maximum atomic E-state index is 13.0. The van der Waals surface area contributed by atoms with Crippen molar-refractivity contribution in [2.24, 2.45) is 0 Å². The maximum absolute atomic E-state index is 13.0. The van der Waals surface area contributed by atoms with Crippen molar-refractivity contribution in [2.45, 2.75) is 25.8 Å². The number of halogens is 1. The minimum Gasteiger partial charge on any atom is -0.369 e. The molecule has 1 fully saturated rings. The van der Waals surface area contributed by atoms with Crippen molar-refractivity contribution < 1.29 is 9.18 Å². The summed E-state index contributed by atoms with van der Waals surface area (Å²) in [6.45, 7) is 3.56. The summed E-state index contributed by atoms with van der Waals surface area (Å²) in [5.74, 6) is 0.291. The van der Waals surface area contributed by atoms with Crippen LogP contribution in [0.3, 0.4) is 0 Å². The molecule has 1 aliphatic rings. The van der Waals surface area contributed by atoms with Crippen molar-refractivity contribution in [3.05, 3.63) is 54.0 Å². The molecule has 1 saturated heterocycles. The quantitative estimate of drug-likeness (QED) is 0.909. The van der Waals surface area contributed by atoms with Gasteiger partial charge in [0.25, 0.3) is 0 Å². The third-order valence-electron chi connectivity index (χ3n) is 4.10. The Kier molecular flexibility index (Phi) is 4.93. The summed E-state index contributed by atoms with van der Waals surface area (Å²) in [7, 11) is 0. The highest BCUT2D eigenvalue weighted by Crippen LogP contribution is 2.20. The van der Waals surface area contributed by atoms with E-state index in [-0.39, 0.29) is 17.9 Å². The Labute approximate surface area is 140 Å². The highest BCUT2D eigenvalue weighted by molar-refractivity contribution is 5.88. The summed E-state index contributed by atoms with van der Waals surface area (Å²) in [4.78, 5) is 18.5. The van der Waals surface area contributed by atoms with E-state index in [2.05, 4.69) is 20.5 Å². The fourth-order valence-electron chi connectivity index (χ4n) is 2.86. The van der Waals surface area contributed by atoms with Gasteiger partial charge in [0.1, 0.15) is 11.6 Å². The first-order chi connectivity index (χ1) is 11.6. The number of nitrogens with one attached hydrogen (secondary N) is 2. The number of carbonyl (C=O) groups is 1. The van der Waals surface area contributed by atoms with Crippen LogP contribution in [0.25, 0.3) is 0 Å². The first kappa shape index (κ1) is 16.2. The molecule has 5 nitrogen and oxygen atoms in total. The molecule has 24 heavy (non-hydrogen) atoms. The van der Waals surface area contributed by atoms with E-state index in [9.17, 15) is 9.18 Å². The van der Waals surface area contributed by atoms with Crippen LogP contribution in [-0.2, 0) is 0 Å². The molecule has 2 heterocycles. The van der Waals surface area contributed by atoms with Gasteiger partial charge in [0.05, 0.1) is 0 Å². The van der Waals surface area contributed by atoms with Gasteiger partial charge in [0, 0.05) is 31.0 Å². The summed E-state index contributed by atoms with van der Waals surface area (Å²) < 4.78 is 13.0. The number of piperidine rings is 1. The minimum absolute atomic E-state index is 0.0502. The van der Waals surface area contributed by atoms with Gasteiger partial charge in [-0.1, -0.05) is 6.07 Å². The van der Waals surface area contributed by atoms with E-state index in [0.717, 1.165) is 30.6 Å². The number of aromatic nitrogens is 1. The molecule has 2 amide bonds. The number of anilines is 2. The number of benzene rings is 1. The molecule has 3 rings (SSSR count). The molecule has 1 atom stereocenters. The average Bonchev–Trinajstić information content (AvgIpc) is 2.58. The lowest BCUT2D eigenvalue weighted by Gasteiger charge is -2.34. The van der Waals surface area contributed by atoms with Gasteiger partial charge >= 0.3 is 6.03 Å². The standard InChI is InChI=1S/C18H21FN4O/c1-13-4-9-17(20-11-13)22-18(24)21-15-3-2-10-23(12-15)16-7-5-14(19)6-8-16/h4-9,11,15H,2-3,10,12H2,1H3,(H2,20,21,22,24). The average molecular weight is 328 g/mol. The number of carbonyl (C=O) groups excluding carboxylic acids is 1. The molecule has 0 saturated carbocycles. The first-order valence-corrected chi connectivity index (χ1v) is 8.11. The second-order valence-electron chi connectivity index (χ2n) is 6.08. The Morgan fingerprint density at radius 1 is 1.25 bits per heavy atom. The van der Waals surface area contributed by atoms with E-state index in [4.69, 9.17) is 0 Å². The third-order valence-corrected chi connectivity index (χ3v) is 4.10. The monoisotopic (exact) mass is 328 g/mol. The second-order valence-corrected chi connectivity index (χ2v) is 6.08. The lowest BCUT2D eigenvalue weighted by molar-refractivity contribution is 0.246. The van der Waals surface area contributed by atoms with E-state index in [1.54, 1.807) is 24.4 Å². The number of nitrogens with zero attached hydrogens (tertiary/aromatic N) is 2. The second kappa shape index (κ2) is 7.29. The molecule has 6 heteroatoms. The van der Waals surface area contributed by atoms with Crippen molar-refractivity contribution in [3.8, 4) is 0 Å². The number of rotatable bonds is 3. The molecule has 2 N–H and O–H groups in total. The number of hydrogen-bond acceptors (Lipinski definition) is 3. The van der Waals surface area contributed by atoms with Crippen LogP contribution < -0.4 is 15.5 Å². The van der Waals surface area contributed by atoms with Crippen molar-refractivity contribution in [3.63, 3.8) is 0 Å². The lowest BCUT2D eigenvalue weighted by Crippen LogP contribution is -2.49. The summed E-state index contributed by atoms with van der Waals surface area (Å²) in [6, 6.07) is 9.94. The molecule has 0 radical (unpaired) electrons. The van der Waals surface area contributed by atoms with Crippen LogP contribution in [-0.4, -0.2) is 30.1 Å². The van der Waals surface area contributed by atoms with Crippen LogP contribution in [0.4, 0.5) is 20.7 Å². The third kappa shape index (κ3) is 4.22. The zero-order valence-corrected chi connectivity index (χ0v) is 13.6. The molecule has 1 aliphatic heterocycles. The highest BCUT2D eigenvalue weighted by atomic mass is 19.1. The van der Waals surface area contributed by atoms with E-state index in [1.165, 1.54) is 12.1 Å². The molecule has 0 spiro atoms. The minimum atomic E-state index is -0.252. The molecular formula is C18H21FN4O. The SMILES string of the molecule is Cc1ccc(NC(=O)NC2CCCN(c3ccc(F)cc3)C2)nc1. The van der Waals surface area contributed by atoms with Gasteiger partial charge < -0.3 is 10.2 Å². The van der Waals surface area contributed by atoms with E-state index in [0.29, 0.717) is 12.4 Å². The van der Waals surface area contributed by atoms with Crippen LogP contribution >= 0.6 is 0 Å². The van der Waals surface area contributed by atoms with Crippen molar-refractivity contribution in [1.29, 1.82) is 0 Å². The van der Waals surface area contributed by atoms with E-state index in [1.807, 2.05) is 13.0 Å². The normalized spacial score (nSPS) is 17.4. The fraction of sp³-hybridized carbons (Fsp3) is 0.333. The smallest absolute Gasteiger partial charge is 0.320 e. The fourth-order valence-corrected chi connectivity index (χ4v) is 2.86. The zero-order valence-electron chi connectivity index (χ0n) is 13.6. The molecule has 2 aromatic rings. The highest BCUT2D eigenvalue weighted by Gasteiger charge is 2.21. The summed E-state index contributed by atoms with van der Waals surface area (Å²) in [5, 5.41) is 5.74. The first-order valence-electron chi connectivity index (χ1n) is 8.11. The van der Waals surface area contributed by atoms with Crippen molar-refractivity contribution >= 4 is 17.5 Å². The van der Waals surface area contributed by atoms with Crippen LogP contribution in [0.15, 0.2) is 42.6 Å². The van der Waals surface area contributed by atoms with Crippen LogP contribution in [0.5, 0.6) is 0 Å². The van der Waals surface area contributed by atoms with Crippen molar-refractivity contribution in [1.82, 2.24) is 10.3 Å². The summed E-state index contributed by atoms with van der Waals surface area (Å²) >= 11 is 0. The number of aryl methyl sites for hydroxylation is 1. The molecule has 1 unspecified atom stereocenters. The zero-order chi connectivity index (χ0) is 16.9. The van der Waals surface area contributed by atoms with Crippen LogP contribution in [0, 0.1) is 12.7 Å². The summed E-state index contributed by atoms with van der Waals surface area (Å²) in [6.07, 6.45) is 3.62. The van der Waals surface area contributed by atoms with Crippen LogP contribution in [0.1, 0.15) is 18.4 Å². The van der Waals surface area contributed by atoms with Crippen molar-refractivity contribution in [2.75, 3.05) is 23.3 Å². The molecule has 1 aromatic heterocycles. The maximum Gasteiger partial charge on any atom is 0.320 e. The Morgan fingerprint density at radius 2 is 2.04 bits per heavy atom. The number of pyridine rings is 1. The molecule has 126 valence electrons. The van der Waals surface area contributed by atoms with Gasteiger partial charge in [-0.25, -0.2) is 14.2 Å².